The lowest BCUT2D eigenvalue weighted by Gasteiger charge is -2.37. The fourth-order valence-electron chi connectivity index (χ4n) is 5.22. The highest BCUT2D eigenvalue weighted by Gasteiger charge is 2.35. The highest BCUT2D eigenvalue weighted by atomic mass is 32.2. The molecule has 0 aromatic heterocycles. The molecule has 3 aromatic rings. The van der Waals surface area contributed by atoms with Crippen molar-refractivity contribution in [3.63, 3.8) is 0 Å². The van der Waals surface area contributed by atoms with E-state index in [1.165, 1.54) is 48.6 Å². The van der Waals surface area contributed by atoms with Gasteiger partial charge in [0.05, 0.1) is 18.1 Å². The first-order valence-electron chi connectivity index (χ1n) is 14.3. The molecule has 3 aromatic carbocycles. The van der Waals surface area contributed by atoms with Crippen LogP contribution >= 0.6 is 0 Å². The Hall–Kier alpha value is -3.82. The quantitative estimate of drug-likeness (QED) is 0.335. The van der Waals surface area contributed by atoms with Gasteiger partial charge in [-0.05, 0) is 60.0 Å². The van der Waals surface area contributed by atoms with Crippen molar-refractivity contribution in [3.05, 3.63) is 77.9 Å². The molecule has 1 unspecified atom stereocenters. The number of benzene rings is 3. The molecule has 2 aliphatic heterocycles. The molecule has 240 valence electrons. The first-order chi connectivity index (χ1) is 21.5. The van der Waals surface area contributed by atoms with Crippen LogP contribution in [0.2, 0.25) is 0 Å². The fraction of sp³-hybridized carbons (Fsp3) is 0.355. The molecule has 0 aliphatic carbocycles. The molecule has 2 aliphatic rings. The van der Waals surface area contributed by atoms with Gasteiger partial charge in [0.25, 0.3) is 5.91 Å². The maximum Gasteiger partial charge on any atom is 0.573 e. The van der Waals surface area contributed by atoms with Crippen molar-refractivity contribution < 1.29 is 36.5 Å². The molecule has 45 heavy (non-hydrogen) atoms. The Morgan fingerprint density at radius 3 is 2.16 bits per heavy atom. The summed E-state index contributed by atoms with van der Waals surface area (Å²) >= 11 is 0. The van der Waals surface area contributed by atoms with Crippen LogP contribution in [0.3, 0.4) is 0 Å². The van der Waals surface area contributed by atoms with Crippen molar-refractivity contribution in [1.82, 2.24) is 14.3 Å². The summed E-state index contributed by atoms with van der Waals surface area (Å²) in [6, 6.07) is 17.0. The molecule has 2 heterocycles. The van der Waals surface area contributed by atoms with Crippen LogP contribution in [0.5, 0.6) is 5.75 Å². The van der Waals surface area contributed by atoms with Gasteiger partial charge in [0.2, 0.25) is 5.91 Å². The fourth-order valence-corrected chi connectivity index (χ4v) is 5.89. The smallest absolute Gasteiger partial charge is 0.405 e. The van der Waals surface area contributed by atoms with Crippen molar-refractivity contribution in [2.24, 2.45) is 0 Å². The van der Waals surface area contributed by atoms with Gasteiger partial charge in [-0.15, -0.1) is 13.2 Å². The Balaban J connectivity index is 1.24. The molecule has 0 saturated carbocycles. The van der Waals surface area contributed by atoms with E-state index < -0.39 is 29.1 Å². The van der Waals surface area contributed by atoms with Gasteiger partial charge in [0.1, 0.15) is 11.8 Å². The number of amides is 2. The number of rotatable bonds is 10. The summed E-state index contributed by atoms with van der Waals surface area (Å²) in [6.45, 7) is 4.50. The van der Waals surface area contributed by atoms with Crippen molar-refractivity contribution in [2.45, 2.75) is 25.4 Å². The Morgan fingerprint density at radius 1 is 0.911 bits per heavy atom. The Kier molecular flexibility index (Phi) is 10.2. The largest absolute Gasteiger partial charge is 0.573 e. The number of carbonyl (C=O) groups excluding carboxylic acids is 2. The monoisotopic (exact) mass is 645 g/mol. The van der Waals surface area contributed by atoms with Crippen LogP contribution in [0.1, 0.15) is 22.3 Å². The standard InChI is InChI=1S/C31H34F3N5O5S/c1-43-39-14-13-27(39)30(41)36-25-11-12-28(44-31(32,33)34)26(19-25)22-5-7-23(8-6-22)29(40)35-24-9-3-21(4-10-24)20-37-15-17-38(18-16-37)45(2)42/h3-12,19,27H,13-18,20H2,1-2H3,(H,35,40)(H,36,41)/t27-,45?/m0/s1. The molecule has 10 nitrogen and oxygen atoms in total. The van der Waals surface area contributed by atoms with E-state index in [0.29, 0.717) is 29.8 Å². The second-order valence-electron chi connectivity index (χ2n) is 10.7. The van der Waals surface area contributed by atoms with E-state index in [-0.39, 0.29) is 23.1 Å². The number of hydrogen-bond acceptors (Lipinski definition) is 7. The number of nitrogens with zero attached hydrogens (tertiary/aromatic N) is 3. The molecule has 2 N–H and O–H groups in total. The zero-order valence-electron chi connectivity index (χ0n) is 24.8. The molecule has 5 rings (SSSR count). The average molecular weight is 646 g/mol. The minimum absolute atomic E-state index is 0.0919. The van der Waals surface area contributed by atoms with E-state index in [2.05, 4.69) is 20.3 Å². The average Bonchev–Trinajstić information content (AvgIpc) is 2.98. The number of alkyl halides is 3. The van der Waals surface area contributed by atoms with Crippen LogP contribution in [-0.4, -0.2) is 88.8 Å². The van der Waals surface area contributed by atoms with Gasteiger partial charge in [-0.25, -0.2) is 8.51 Å². The zero-order valence-corrected chi connectivity index (χ0v) is 25.6. The zero-order chi connectivity index (χ0) is 32.1. The summed E-state index contributed by atoms with van der Waals surface area (Å²) in [6.07, 6.45) is -2.64. The van der Waals surface area contributed by atoms with Gasteiger partial charge < -0.3 is 20.2 Å². The molecule has 0 radical (unpaired) electrons. The summed E-state index contributed by atoms with van der Waals surface area (Å²) < 4.78 is 57.4. The minimum atomic E-state index is -4.93. The highest BCUT2D eigenvalue weighted by Crippen LogP contribution is 2.36. The summed E-state index contributed by atoms with van der Waals surface area (Å²) in [5, 5.41) is 7.07. The van der Waals surface area contributed by atoms with E-state index in [4.69, 9.17) is 4.84 Å². The van der Waals surface area contributed by atoms with Crippen molar-refractivity contribution in [1.29, 1.82) is 0 Å². The van der Waals surface area contributed by atoms with Gasteiger partial charge >= 0.3 is 6.36 Å². The van der Waals surface area contributed by atoms with E-state index in [1.54, 1.807) is 6.26 Å². The SMILES string of the molecule is CON1CC[C@H]1C(=O)Nc1ccc(OC(F)(F)F)c(-c2ccc(C(=O)Nc3ccc(CN4CCN(S(C)=O)CC4)cc3)cc2)c1. The Bertz CT molecular complexity index is 1530. The third kappa shape index (κ3) is 8.47. The van der Waals surface area contributed by atoms with Crippen LogP contribution in [0.25, 0.3) is 11.1 Å². The third-order valence-corrected chi connectivity index (χ3v) is 8.84. The highest BCUT2D eigenvalue weighted by molar-refractivity contribution is 7.81. The normalized spacial score (nSPS) is 18.6. The lowest BCUT2D eigenvalue weighted by atomic mass is 10.0. The van der Waals surface area contributed by atoms with E-state index in [1.807, 2.05) is 28.6 Å². The maximum absolute atomic E-state index is 13.2. The first-order valence-corrected chi connectivity index (χ1v) is 15.8. The number of halogens is 3. The molecule has 2 atom stereocenters. The molecule has 2 saturated heterocycles. The van der Waals surface area contributed by atoms with E-state index >= 15 is 0 Å². The topological polar surface area (TPSA) is 103 Å². The number of ether oxygens (including phenoxy) is 1. The molecular formula is C31H34F3N5O5S. The molecule has 14 heteroatoms. The number of hydroxylamine groups is 2. The van der Waals surface area contributed by atoms with Gasteiger partial charge in [0, 0.05) is 68.0 Å². The second kappa shape index (κ2) is 14.1. The van der Waals surface area contributed by atoms with Crippen LogP contribution in [-0.2, 0) is 27.2 Å². The summed E-state index contributed by atoms with van der Waals surface area (Å²) in [4.78, 5) is 33.0. The van der Waals surface area contributed by atoms with Gasteiger partial charge in [0.15, 0.2) is 0 Å². The predicted molar refractivity (Wildman–Crippen MR) is 165 cm³/mol. The molecule has 2 amide bonds. The van der Waals surface area contributed by atoms with Crippen LogP contribution in [0.4, 0.5) is 24.5 Å². The van der Waals surface area contributed by atoms with Gasteiger partial charge in [-0.3, -0.25) is 14.5 Å². The van der Waals surface area contributed by atoms with Crippen LogP contribution in [0.15, 0.2) is 66.7 Å². The summed E-state index contributed by atoms with van der Waals surface area (Å²) in [5.74, 6) is -1.16. The number of hydrogen-bond donors (Lipinski definition) is 2. The molecule has 2 fully saturated rings. The maximum atomic E-state index is 13.2. The number of piperazine rings is 1. The van der Waals surface area contributed by atoms with E-state index in [9.17, 15) is 27.0 Å². The van der Waals surface area contributed by atoms with Crippen LogP contribution in [0, 0.1) is 0 Å². The summed E-state index contributed by atoms with van der Waals surface area (Å²) in [5.41, 5.74) is 2.73. The third-order valence-electron chi connectivity index (χ3n) is 7.75. The number of carbonyl (C=O) groups is 2. The van der Waals surface area contributed by atoms with E-state index in [0.717, 1.165) is 44.4 Å². The molecule has 0 spiro atoms. The number of anilines is 2. The Morgan fingerprint density at radius 2 is 1.58 bits per heavy atom. The van der Waals surface area contributed by atoms with Crippen molar-refractivity contribution in [2.75, 3.05) is 56.7 Å². The minimum Gasteiger partial charge on any atom is -0.405 e. The number of nitrogens with one attached hydrogen (secondary N) is 2. The predicted octanol–water partition coefficient (Wildman–Crippen LogP) is 4.49. The molecule has 0 bridgehead atoms. The van der Waals surface area contributed by atoms with Gasteiger partial charge in [-0.1, -0.05) is 24.3 Å². The van der Waals surface area contributed by atoms with Gasteiger partial charge in [-0.2, -0.15) is 5.06 Å². The first kappa shape index (κ1) is 32.6. The summed E-state index contributed by atoms with van der Waals surface area (Å²) in [7, 11) is 0.505. The van der Waals surface area contributed by atoms with Crippen LogP contribution < -0.4 is 15.4 Å². The lowest BCUT2D eigenvalue weighted by Crippen LogP contribution is -2.53. The van der Waals surface area contributed by atoms with Crippen molar-refractivity contribution >= 4 is 34.2 Å². The Labute approximate surface area is 261 Å². The van der Waals surface area contributed by atoms with Crippen molar-refractivity contribution in [3.8, 4) is 16.9 Å². The second-order valence-corrected chi connectivity index (χ2v) is 12.1. The molecular weight excluding hydrogens is 611 g/mol. The lowest BCUT2D eigenvalue weighted by molar-refractivity contribution is -0.274.